The highest BCUT2D eigenvalue weighted by Crippen LogP contribution is 1.95. The van der Waals surface area contributed by atoms with Gasteiger partial charge in [-0.3, -0.25) is 19.7 Å². The molecule has 0 aromatic heterocycles. The van der Waals surface area contributed by atoms with Crippen molar-refractivity contribution in [3.8, 4) is 0 Å². The average Bonchev–Trinajstić information content (AvgIpc) is 2.15. The van der Waals surface area contributed by atoms with Crippen molar-refractivity contribution in [1.29, 1.82) is 0 Å². The van der Waals surface area contributed by atoms with Gasteiger partial charge in [-0.15, -0.1) is 0 Å². The Balaban J connectivity index is 2.38. The summed E-state index contributed by atoms with van der Waals surface area (Å²) >= 11 is 0. The number of carboxylic acid groups (broad SMARTS) is 1. The van der Waals surface area contributed by atoms with Gasteiger partial charge in [0.1, 0.15) is 13.1 Å². The van der Waals surface area contributed by atoms with E-state index >= 15 is 0 Å². The molecule has 0 aromatic rings. The Kier molecular flexibility index (Phi) is 3.81. The minimum absolute atomic E-state index is 0.0412. The SMILES string of the molecule is O=C(O)CCNC(=O)N1CC(=O)NC(=O)C1. The van der Waals surface area contributed by atoms with E-state index in [4.69, 9.17) is 5.11 Å². The number of rotatable bonds is 3. The molecule has 0 aliphatic carbocycles. The number of hydrogen-bond donors (Lipinski definition) is 3. The second kappa shape index (κ2) is 5.10. The van der Waals surface area contributed by atoms with Gasteiger partial charge in [0.15, 0.2) is 0 Å². The molecule has 0 bridgehead atoms. The fraction of sp³-hybridized carbons (Fsp3) is 0.500. The van der Waals surface area contributed by atoms with Crippen LogP contribution in [0.2, 0.25) is 0 Å². The lowest BCUT2D eigenvalue weighted by molar-refractivity contribution is -0.137. The van der Waals surface area contributed by atoms with E-state index in [-0.39, 0.29) is 26.1 Å². The van der Waals surface area contributed by atoms with Crippen LogP contribution in [0.5, 0.6) is 0 Å². The molecule has 1 aliphatic rings. The summed E-state index contributed by atoms with van der Waals surface area (Å²) < 4.78 is 0. The molecular formula is C8H11N3O5. The number of hydrogen-bond acceptors (Lipinski definition) is 4. The lowest BCUT2D eigenvalue weighted by Crippen LogP contribution is -2.55. The fourth-order valence-corrected chi connectivity index (χ4v) is 1.17. The molecule has 1 heterocycles. The molecule has 1 saturated heterocycles. The van der Waals surface area contributed by atoms with Gasteiger partial charge in [0.2, 0.25) is 11.8 Å². The van der Waals surface area contributed by atoms with Crippen molar-refractivity contribution >= 4 is 23.8 Å². The number of carboxylic acids is 1. The molecule has 3 N–H and O–H groups in total. The van der Waals surface area contributed by atoms with Gasteiger partial charge >= 0.3 is 12.0 Å². The van der Waals surface area contributed by atoms with Crippen LogP contribution < -0.4 is 10.6 Å². The Morgan fingerprint density at radius 3 is 2.38 bits per heavy atom. The van der Waals surface area contributed by atoms with Crippen LogP contribution >= 0.6 is 0 Å². The first-order valence-electron chi connectivity index (χ1n) is 4.56. The Morgan fingerprint density at radius 2 is 1.88 bits per heavy atom. The standard InChI is InChI=1S/C8H11N3O5/c12-5-3-11(4-6(13)10-5)8(16)9-2-1-7(14)15/h1-4H2,(H,9,16)(H,14,15)(H,10,12,13). The van der Waals surface area contributed by atoms with Crippen LogP contribution in [-0.4, -0.2) is 53.5 Å². The predicted molar refractivity (Wildman–Crippen MR) is 50.4 cm³/mol. The summed E-state index contributed by atoms with van der Waals surface area (Å²) in [4.78, 5) is 44.4. The Morgan fingerprint density at radius 1 is 1.31 bits per heavy atom. The summed E-state index contributed by atoms with van der Waals surface area (Å²) in [5.74, 6) is -2.14. The van der Waals surface area contributed by atoms with Gasteiger partial charge in [-0.25, -0.2) is 4.79 Å². The van der Waals surface area contributed by atoms with Crippen molar-refractivity contribution in [1.82, 2.24) is 15.5 Å². The molecule has 0 spiro atoms. The highest BCUT2D eigenvalue weighted by Gasteiger charge is 2.25. The third kappa shape index (κ3) is 3.56. The molecule has 0 radical (unpaired) electrons. The van der Waals surface area contributed by atoms with Crippen molar-refractivity contribution in [2.75, 3.05) is 19.6 Å². The number of urea groups is 1. The number of carbonyl (C=O) groups excluding carboxylic acids is 3. The number of nitrogens with zero attached hydrogens (tertiary/aromatic N) is 1. The van der Waals surface area contributed by atoms with Crippen molar-refractivity contribution in [3.63, 3.8) is 0 Å². The zero-order chi connectivity index (χ0) is 12.1. The minimum Gasteiger partial charge on any atom is -0.481 e. The molecule has 1 aliphatic heterocycles. The van der Waals surface area contributed by atoms with Gasteiger partial charge in [0, 0.05) is 6.54 Å². The Bertz CT molecular complexity index is 325. The van der Waals surface area contributed by atoms with Gasteiger partial charge in [-0.1, -0.05) is 0 Å². The number of imide groups is 1. The molecule has 16 heavy (non-hydrogen) atoms. The summed E-state index contributed by atoms with van der Waals surface area (Å²) in [6.07, 6.45) is -0.209. The summed E-state index contributed by atoms with van der Waals surface area (Å²) in [7, 11) is 0. The van der Waals surface area contributed by atoms with Crippen LogP contribution in [0.3, 0.4) is 0 Å². The Hall–Kier alpha value is -2.12. The molecule has 0 atom stereocenters. The van der Waals surface area contributed by atoms with Gasteiger partial charge < -0.3 is 15.3 Å². The first-order valence-corrected chi connectivity index (χ1v) is 4.56. The lowest BCUT2D eigenvalue weighted by Gasteiger charge is -2.25. The first kappa shape index (κ1) is 12.0. The average molecular weight is 229 g/mol. The number of aliphatic carboxylic acids is 1. The lowest BCUT2D eigenvalue weighted by atomic mass is 10.3. The number of amides is 4. The highest BCUT2D eigenvalue weighted by molar-refractivity contribution is 6.02. The summed E-state index contributed by atoms with van der Waals surface area (Å²) in [6.45, 7) is -0.449. The zero-order valence-electron chi connectivity index (χ0n) is 8.36. The van der Waals surface area contributed by atoms with Crippen LogP contribution in [-0.2, 0) is 14.4 Å². The third-order valence-corrected chi connectivity index (χ3v) is 1.85. The van der Waals surface area contributed by atoms with E-state index in [1.807, 2.05) is 5.32 Å². The van der Waals surface area contributed by atoms with E-state index in [2.05, 4.69) is 5.32 Å². The van der Waals surface area contributed by atoms with Crippen molar-refractivity contribution in [2.45, 2.75) is 6.42 Å². The van der Waals surface area contributed by atoms with Gasteiger partial charge in [-0.05, 0) is 0 Å². The van der Waals surface area contributed by atoms with Crippen LogP contribution in [0, 0.1) is 0 Å². The second-order valence-electron chi connectivity index (χ2n) is 3.20. The molecule has 1 fully saturated rings. The molecule has 0 unspecified atom stereocenters. The van der Waals surface area contributed by atoms with E-state index in [0.29, 0.717) is 0 Å². The minimum atomic E-state index is -1.03. The van der Waals surface area contributed by atoms with Crippen LogP contribution in [0.4, 0.5) is 4.79 Å². The van der Waals surface area contributed by atoms with Crippen LogP contribution in [0.15, 0.2) is 0 Å². The van der Waals surface area contributed by atoms with E-state index in [0.717, 1.165) is 4.90 Å². The topological polar surface area (TPSA) is 116 Å². The molecule has 0 saturated carbocycles. The number of piperazine rings is 1. The van der Waals surface area contributed by atoms with Gasteiger partial charge in [0.25, 0.3) is 0 Å². The predicted octanol–water partition coefficient (Wildman–Crippen LogP) is -1.87. The van der Waals surface area contributed by atoms with E-state index in [9.17, 15) is 19.2 Å². The third-order valence-electron chi connectivity index (χ3n) is 1.85. The maximum atomic E-state index is 11.4. The molecule has 8 heteroatoms. The van der Waals surface area contributed by atoms with Gasteiger partial charge in [-0.2, -0.15) is 0 Å². The number of nitrogens with one attached hydrogen (secondary N) is 2. The van der Waals surface area contributed by atoms with E-state index < -0.39 is 23.8 Å². The quantitative estimate of drug-likeness (QED) is 0.490. The second-order valence-corrected chi connectivity index (χ2v) is 3.20. The van der Waals surface area contributed by atoms with Crippen LogP contribution in [0.25, 0.3) is 0 Å². The summed E-state index contributed by atoms with van der Waals surface area (Å²) in [6, 6.07) is -0.621. The van der Waals surface area contributed by atoms with Crippen molar-refractivity contribution in [3.05, 3.63) is 0 Å². The highest BCUT2D eigenvalue weighted by atomic mass is 16.4. The summed E-state index contributed by atoms with van der Waals surface area (Å²) in [5.41, 5.74) is 0. The van der Waals surface area contributed by atoms with Gasteiger partial charge in [0.05, 0.1) is 6.42 Å². The molecule has 0 aromatic carbocycles. The van der Waals surface area contributed by atoms with E-state index in [1.54, 1.807) is 0 Å². The number of carbonyl (C=O) groups is 4. The fourth-order valence-electron chi connectivity index (χ4n) is 1.17. The largest absolute Gasteiger partial charge is 0.481 e. The van der Waals surface area contributed by atoms with Crippen molar-refractivity contribution in [2.24, 2.45) is 0 Å². The van der Waals surface area contributed by atoms with Crippen molar-refractivity contribution < 1.29 is 24.3 Å². The maximum Gasteiger partial charge on any atom is 0.318 e. The first-order chi connectivity index (χ1) is 7.49. The smallest absolute Gasteiger partial charge is 0.318 e. The Labute approximate surface area is 90.6 Å². The molecular weight excluding hydrogens is 218 g/mol. The monoisotopic (exact) mass is 229 g/mol. The normalized spacial score (nSPS) is 15.6. The molecule has 8 nitrogen and oxygen atoms in total. The zero-order valence-corrected chi connectivity index (χ0v) is 8.36. The molecule has 4 amide bonds. The van der Waals surface area contributed by atoms with E-state index in [1.165, 1.54) is 0 Å². The maximum absolute atomic E-state index is 11.4. The molecule has 1 rings (SSSR count). The molecule has 88 valence electrons. The summed E-state index contributed by atoms with van der Waals surface area (Å²) in [5, 5.41) is 12.7. The van der Waals surface area contributed by atoms with Crippen LogP contribution in [0.1, 0.15) is 6.42 Å².